The smallest absolute Gasteiger partial charge is 0.234 e. The number of hydrogen-bond donors (Lipinski definition) is 0. The van der Waals surface area contributed by atoms with Crippen molar-refractivity contribution in [3.05, 3.63) is 18.2 Å². The van der Waals surface area contributed by atoms with Gasteiger partial charge in [-0.3, -0.25) is 0 Å². The first kappa shape index (κ1) is 37.2. The predicted molar refractivity (Wildman–Crippen MR) is 179 cm³/mol. The van der Waals surface area contributed by atoms with E-state index in [0.717, 1.165) is 0 Å². The van der Waals surface area contributed by atoms with Crippen molar-refractivity contribution in [2.45, 2.75) is 226 Å². The van der Waals surface area contributed by atoms with Gasteiger partial charge in [0.05, 0.1) is 13.1 Å². The van der Waals surface area contributed by atoms with Crippen molar-refractivity contribution in [2.24, 2.45) is 0 Å². The molecule has 0 N–H and O–H groups in total. The second-order valence-electron chi connectivity index (χ2n) is 13.0. The first-order chi connectivity index (χ1) is 19.8. The van der Waals surface area contributed by atoms with Gasteiger partial charge in [-0.25, -0.2) is 9.13 Å². The van der Waals surface area contributed by atoms with E-state index >= 15 is 0 Å². The summed E-state index contributed by atoms with van der Waals surface area (Å²) in [7, 11) is 0. The van der Waals surface area contributed by atoms with E-state index in [1.54, 1.807) is 5.82 Å². The molecule has 1 aromatic heterocycles. The molecule has 0 atom stereocenters. The maximum Gasteiger partial charge on any atom is 0.256 e. The molecule has 0 fully saturated rings. The predicted octanol–water partition coefficient (Wildman–Crippen LogP) is 12.7. The van der Waals surface area contributed by atoms with Crippen molar-refractivity contribution < 1.29 is 4.57 Å². The monoisotopic (exact) mass is 560 g/mol. The van der Waals surface area contributed by atoms with Gasteiger partial charge in [-0.1, -0.05) is 175 Å². The van der Waals surface area contributed by atoms with Gasteiger partial charge in [-0.15, -0.1) is 0 Å². The summed E-state index contributed by atoms with van der Waals surface area (Å²) in [6.07, 6.45) is 47.4. The van der Waals surface area contributed by atoms with E-state index in [1.165, 1.54) is 206 Å². The maximum absolute atomic E-state index is 2.63. The molecule has 0 aliphatic rings. The third kappa shape index (κ3) is 21.9. The topological polar surface area (TPSA) is 8.81 Å². The highest BCUT2D eigenvalue weighted by Crippen LogP contribution is 2.15. The van der Waals surface area contributed by atoms with E-state index in [1.807, 2.05) is 0 Å². The van der Waals surface area contributed by atoms with Crippen LogP contribution in [0.4, 0.5) is 0 Å². The fraction of sp³-hybridized carbons (Fsp3) is 0.921. The Kier molecular flexibility index (Phi) is 27.6. The minimum atomic E-state index is 1.23. The summed E-state index contributed by atoms with van der Waals surface area (Å²) in [6, 6.07) is 0. The molecule has 40 heavy (non-hydrogen) atoms. The summed E-state index contributed by atoms with van der Waals surface area (Å²) in [5.41, 5.74) is 0. The molecule has 2 heteroatoms. The molecule has 0 amide bonds. The van der Waals surface area contributed by atoms with Gasteiger partial charge in [0.1, 0.15) is 12.4 Å². The minimum absolute atomic E-state index is 1.23. The molecule has 0 aliphatic heterocycles. The molecular weight excluding hydrogens is 484 g/mol. The molecule has 0 radical (unpaired) electrons. The van der Waals surface area contributed by atoms with Crippen LogP contribution in [0.15, 0.2) is 12.4 Å². The summed E-state index contributed by atoms with van der Waals surface area (Å²) in [5, 5.41) is 0. The number of nitrogens with zero attached hydrogens (tertiary/aromatic N) is 2. The molecule has 1 heterocycles. The van der Waals surface area contributed by atoms with Crippen LogP contribution in [0.1, 0.15) is 213 Å². The van der Waals surface area contributed by atoms with Crippen molar-refractivity contribution in [3.8, 4) is 0 Å². The quantitative estimate of drug-likeness (QED) is 0.0613. The zero-order chi connectivity index (χ0) is 28.8. The second-order valence-corrected chi connectivity index (χ2v) is 13.0. The Bertz CT molecular complexity index is 619. The van der Waals surface area contributed by atoms with Gasteiger partial charge in [0.2, 0.25) is 0 Å². The van der Waals surface area contributed by atoms with Gasteiger partial charge >= 0.3 is 0 Å². The normalized spacial score (nSPS) is 11.6. The molecule has 0 saturated carbocycles. The molecular formula is C38H75N2+. The fourth-order valence-corrected chi connectivity index (χ4v) is 6.33. The van der Waals surface area contributed by atoms with E-state index in [0.29, 0.717) is 0 Å². The number of unbranched alkanes of at least 4 members (excludes halogenated alkanes) is 26. The fourth-order valence-electron chi connectivity index (χ4n) is 6.33. The lowest BCUT2D eigenvalue weighted by Crippen LogP contribution is -2.37. The Morgan fingerprint density at radius 3 is 1.20 bits per heavy atom. The van der Waals surface area contributed by atoms with Crippen LogP contribution < -0.4 is 4.57 Å². The highest BCUT2D eigenvalue weighted by atomic mass is 15.1. The molecule has 236 valence electrons. The summed E-state index contributed by atoms with van der Waals surface area (Å²) < 4.78 is 5.26. The van der Waals surface area contributed by atoms with Crippen LogP contribution in [0.2, 0.25) is 0 Å². The van der Waals surface area contributed by atoms with E-state index in [2.05, 4.69) is 42.3 Å². The van der Waals surface area contributed by atoms with Crippen LogP contribution in [0.3, 0.4) is 0 Å². The minimum Gasteiger partial charge on any atom is -0.234 e. The van der Waals surface area contributed by atoms with E-state index in [-0.39, 0.29) is 0 Å². The molecule has 0 spiro atoms. The first-order valence-electron chi connectivity index (χ1n) is 18.9. The highest BCUT2D eigenvalue weighted by Gasteiger charge is 2.16. The molecule has 1 rings (SSSR count). The van der Waals surface area contributed by atoms with Crippen LogP contribution in [-0.2, 0) is 19.5 Å². The standard InChI is InChI=1S/C38H75N2/c1-4-7-10-13-16-18-20-21-22-24-27-30-33-38-39(34-31-28-25-15-12-9-6-3)36-37-40(38)35-32-29-26-23-19-17-14-11-8-5-2/h36-37H,4-35H2,1-3H3/q+1. The third-order valence-corrected chi connectivity index (χ3v) is 9.10. The number of imidazole rings is 1. The highest BCUT2D eigenvalue weighted by molar-refractivity contribution is 4.84. The number of aryl methyl sites for hydroxylation is 2. The SMILES string of the molecule is CCCCCCCCCCCCCCc1n(CCCCCCCCCCCC)cc[n+]1CCCCCCCCC. The van der Waals surface area contributed by atoms with Crippen molar-refractivity contribution in [2.75, 3.05) is 0 Å². The van der Waals surface area contributed by atoms with Crippen molar-refractivity contribution >= 4 is 0 Å². The van der Waals surface area contributed by atoms with Crippen molar-refractivity contribution in [1.82, 2.24) is 4.57 Å². The molecule has 0 saturated heterocycles. The largest absolute Gasteiger partial charge is 0.256 e. The van der Waals surface area contributed by atoms with Crippen LogP contribution in [-0.4, -0.2) is 4.57 Å². The average Bonchev–Trinajstić information content (AvgIpc) is 3.35. The molecule has 0 aromatic carbocycles. The lowest BCUT2D eigenvalue weighted by molar-refractivity contribution is -0.704. The third-order valence-electron chi connectivity index (χ3n) is 9.10. The molecule has 1 aromatic rings. The van der Waals surface area contributed by atoms with Gasteiger partial charge in [-0.2, -0.15) is 0 Å². The molecule has 0 unspecified atom stereocenters. The van der Waals surface area contributed by atoms with Crippen molar-refractivity contribution in [1.29, 1.82) is 0 Å². The zero-order valence-electron chi connectivity index (χ0n) is 28.2. The molecule has 0 bridgehead atoms. The van der Waals surface area contributed by atoms with E-state index in [9.17, 15) is 0 Å². The van der Waals surface area contributed by atoms with Gasteiger partial charge in [0.25, 0.3) is 5.82 Å². The maximum atomic E-state index is 2.63. The Morgan fingerprint density at radius 1 is 0.425 bits per heavy atom. The number of hydrogen-bond acceptors (Lipinski definition) is 0. The average molecular weight is 560 g/mol. The Balaban J connectivity index is 2.30. The van der Waals surface area contributed by atoms with Gasteiger partial charge in [0.15, 0.2) is 0 Å². The van der Waals surface area contributed by atoms with Crippen LogP contribution in [0.5, 0.6) is 0 Å². The van der Waals surface area contributed by atoms with Gasteiger partial charge in [0, 0.05) is 6.42 Å². The van der Waals surface area contributed by atoms with Crippen LogP contribution in [0.25, 0.3) is 0 Å². The van der Waals surface area contributed by atoms with Crippen molar-refractivity contribution in [3.63, 3.8) is 0 Å². The lowest BCUT2D eigenvalue weighted by Gasteiger charge is -2.07. The van der Waals surface area contributed by atoms with Gasteiger partial charge < -0.3 is 0 Å². The van der Waals surface area contributed by atoms with E-state index in [4.69, 9.17) is 0 Å². The Morgan fingerprint density at radius 2 is 0.775 bits per heavy atom. The number of aromatic nitrogens is 2. The zero-order valence-corrected chi connectivity index (χ0v) is 28.2. The summed E-state index contributed by atoms with van der Waals surface area (Å²) in [4.78, 5) is 0. The summed E-state index contributed by atoms with van der Waals surface area (Å²) in [6.45, 7) is 9.40. The number of rotatable bonds is 32. The summed E-state index contributed by atoms with van der Waals surface area (Å²) >= 11 is 0. The summed E-state index contributed by atoms with van der Waals surface area (Å²) in [5.74, 6) is 1.62. The second kappa shape index (κ2) is 29.7. The van der Waals surface area contributed by atoms with Crippen LogP contribution >= 0.6 is 0 Å². The molecule has 0 aliphatic carbocycles. The first-order valence-corrected chi connectivity index (χ1v) is 18.9. The van der Waals surface area contributed by atoms with Gasteiger partial charge in [-0.05, 0) is 32.1 Å². The van der Waals surface area contributed by atoms with Crippen LogP contribution in [0, 0.1) is 0 Å². The van der Waals surface area contributed by atoms with E-state index < -0.39 is 0 Å². The Hall–Kier alpha value is -0.790. The molecule has 2 nitrogen and oxygen atoms in total. The lowest BCUT2D eigenvalue weighted by atomic mass is 10.0. The Labute approximate surface area is 253 Å².